The molecule has 0 aliphatic heterocycles. The number of esters is 1. The molecule has 0 unspecified atom stereocenters. The van der Waals surface area contributed by atoms with Crippen molar-refractivity contribution in [2.24, 2.45) is 0 Å². The Labute approximate surface area is 166 Å². The van der Waals surface area contributed by atoms with Crippen LogP contribution >= 0.6 is 11.8 Å². The standard InChI is InChI=1S/C19H13F2N3O4S/c1-2-27-19(26)13-12-16(28-18(13)22)9-6-23-7-24-14(9)15(25)17(12)29-8-3-4-10(20)11(21)5-8/h3-7,25H,2,22H2,1H3. The number of furan rings is 1. The third-order valence-electron chi connectivity index (χ3n) is 4.15. The normalized spacial score (nSPS) is 11.3. The highest BCUT2D eigenvalue weighted by molar-refractivity contribution is 7.99. The smallest absolute Gasteiger partial charge is 0.344 e. The minimum atomic E-state index is -1.05. The van der Waals surface area contributed by atoms with Crippen LogP contribution in [0, 0.1) is 11.6 Å². The van der Waals surface area contributed by atoms with Crippen LogP contribution in [-0.2, 0) is 4.74 Å². The van der Waals surface area contributed by atoms with Gasteiger partial charge in [0.25, 0.3) is 0 Å². The third-order valence-corrected chi connectivity index (χ3v) is 5.24. The predicted octanol–water partition coefficient (Wildman–Crippen LogP) is 4.27. The van der Waals surface area contributed by atoms with Crippen molar-refractivity contribution in [2.75, 3.05) is 12.3 Å². The fraction of sp³-hybridized carbons (Fsp3) is 0.105. The zero-order chi connectivity index (χ0) is 20.7. The lowest BCUT2D eigenvalue weighted by molar-refractivity contribution is 0.0529. The number of aromatic hydroxyl groups is 1. The van der Waals surface area contributed by atoms with Crippen LogP contribution in [0.15, 0.2) is 44.9 Å². The van der Waals surface area contributed by atoms with Crippen molar-refractivity contribution < 1.29 is 27.8 Å². The highest BCUT2D eigenvalue weighted by atomic mass is 32.2. The Morgan fingerprint density at radius 3 is 2.86 bits per heavy atom. The molecule has 0 atom stereocenters. The average Bonchev–Trinajstić information content (AvgIpc) is 3.05. The van der Waals surface area contributed by atoms with Gasteiger partial charge in [0.2, 0.25) is 5.88 Å². The van der Waals surface area contributed by atoms with E-state index in [9.17, 15) is 18.7 Å². The molecule has 0 bridgehead atoms. The summed E-state index contributed by atoms with van der Waals surface area (Å²) in [5.74, 6) is -3.29. The number of halogens is 2. The number of carbonyl (C=O) groups is 1. The summed E-state index contributed by atoms with van der Waals surface area (Å²) in [6, 6.07) is 3.28. The Morgan fingerprint density at radius 1 is 1.34 bits per heavy atom. The zero-order valence-corrected chi connectivity index (χ0v) is 15.7. The summed E-state index contributed by atoms with van der Waals surface area (Å²) in [6.07, 6.45) is 2.65. The van der Waals surface area contributed by atoms with Crippen molar-refractivity contribution in [1.29, 1.82) is 0 Å². The van der Waals surface area contributed by atoms with Gasteiger partial charge in [-0.3, -0.25) is 0 Å². The number of carbonyl (C=O) groups excluding carboxylic acids is 1. The SMILES string of the molecule is CCOC(=O)c1c(N)oc2c1c(Sc1ccc(F)c(F)c1)c(O)c1ncncc12. The largest absolute Gasteiger partial charge is 0.505 e. The van der Waals surface area contributed by atoms with E-state index in [-0.39, 0.29) is 50.1 Å². The minimum absolute atomic E-state index is 0.0759. The molecule has 0 saturated carbocycles. The summed E-state index contributed by atoms with van der Waals surface area (Å²) in [6.45, 7) is 1.73. The fourth-order valence-corrected chi connectivity index (χ4v) is 3.95. The molecule has 0 radical (unpaired) electrons. The second-order valence-electron chi connectivity index (χ2n) is 5.91. The lowest BCUT2D eigenvalue weighted by Gasteiger charge is -2.10. The first-order valence-corrected chi connectivity index (χ1v) is 9.20. The lowest BCUT2D eigenvalue weighted by atomic mass is 10.1. The van der Waals surface area contributed by atoms with Crippen molar-refractivity contribution in [1.82, 2.24) is 9.97 Å². The number of ether oxygens (including phenoxy) is 1. The molecular weight excluding hydrogens is 404 g/mol. The Bertz CT molecular complexity index is 1280. The number of nitrogens with zero attached hydrogens (tertiary/aromatic N) is 2. The van der Waals surface area contributed by atoms with Gasteiger partial charge in [-0.05, 0) is 25.1 Å². The molecule has 4 rings (SSSR count). The van der Waals surface area contributed by atoms with Crippen LogP contribution in [0.25, 0.3) is 21.9 Å². The average molecular weight is 417 g/mol. The number of rotatable bonds is 4. The van der Waals surface area contributed by atoms with Gasteiger partial charge in [0.1, 0.15) is 23.0 Å². The van der Waals surface area contributed by atoms with Crippen molar-refractivity contribution in [3.05, 3.63) is 47.9 Å². The van der Waals surface area contributed by atoms with E-state index in [1.165, 1.54) is 18.6 Å². The maximum absolute atomic E-state index is 13.7. The van der Waals surface area contributed by atoms with Crippen LogP contribution in [0.4, 0.5) is 14.7 Å². The fourth-order valence-electron chi connectivity index (χ4n) is 2.93. The van der Waals surface area contributed by atoms with Crippen LogP contribution in [0.3, 0.4) is 0 Å². The summed E-state index contributed by atoms with van der Waals surface area (Å²) in [5, 5.41) is 11.4. The number of phenolic OH excluding ortho intramolecular Hbond substituents is 1. The first kappa shape index (κ1) is 18.9. The lowest BCUT2D eigenvalue weighted by Crippen LogP contribution is -2.06. The molecule has 0 fully saturated rings. The van der Waals surface area contributed by atoms with Crippen LogP contribution in [0.2, 0.25) is 0 Å². The Balaban J connectivity index is 2.05. The molecule has 148 valence electrons. The molecule has 3 N–H and O–H groups in total. The number of aromatic nitrogens is 2. The van der Waals surface area contributed by atoms with Crippen LogP contribution in [0.5, 0.6) is 5.75 Å². The van der Waals surface area contributed by atoms with Gasteiger partial charge in [-0.15, -0.1) is 0 Å². The second-order valence-corrected chi connectivity index (χ2v) is 6.99. The number of benzene rings is 2. The molecule has 0 aliphatic carbocycles. The van der Waals surface area contributed by atoms with Gasteiger partial charge < -0.3 is 20.0 Å². The number of phenols is 1. The highest BCUT2D eigenvalue weighted by Gasteiger charge is 2.28. The number of nitrogen functional groups attached to an aromatic ring is 1. The monoisotopic (exact) mass is 417 g/mol. The summed E-state index contributed by atoms with van der Waals surface area (Å²) in [7, 11) is 0. The van der Waals surface area contributed by atoms with E-state index < -0.39 is 17.6 Å². The molecule has 2 aromatic heterocycles. The maximum Gasteiger partial charge on any atom is 0.344 e. The van der Waals surface area contributed by atoms with Crippen molar-refractivity contribution >= 4 is 45.5 Å². The highest BCUT2D eigenvalue weighted by Crippen LogP contribution is 2.48. The van der Waals surface area contributed by atoms with E-state index in [2.05, 4.69) is 9.97 Å². The zero-order valence-electron chi connectivity index (χ0n) is 14.9. The number of hydrogen-bond acceptors (Lipinski definition) is 8. The van der Waals surface area contributed by atoms with Gasteiger partial charge in [-0.2, -0.15) is 0 Å². The number of hydrogen-bond donors (Lipinski definition) is 2. The topological polar surface area (TPSA) is 111 Å². The molecule has 0 spiro atoms. The Kier molecular flexibility index (Phi) is 4.71. The van der Waals surface area contributed by atoms with Crippen molar-refractivity contribution in [2.45, 2.75) is 16.7 Å². The molecular formula is C19H13F2N3O4S. The molecule has 2 aromatic carbocycles. The van der Waals surface area contributed by atoms with Crippen LogP contribution in [-0.4, -0.2) is 27.7 Å². The molecule has 10 heteroatoms. The summed E-state index contributed by atoms with van der Waals surface area (Å²) in [4.78, 5) is 20.9. The van der Waals surface area contributed by atoms with Crippen molar-refractivity contribution in [3.8, 4) is 5.75 Å². The van der Waals surface area contributed by atoms with Gasteiger partial charge in [0.15, 0.2) is 17.4 Å². The number of nitrogens with two attached hydrogens (primary N) is 1. The Morgan fingerprint density at radius 2 is 2.14 bits per heavy atom. The molecule has 29 heavy (non-hydrogen) atoms. The molecule has 0 amide bonds. The van der Waals surface area contributed by atoms with Crippen molar-refractivity contribution in [3.63, 3.8) is 0 Å². The second kappa shape index (κ2) is 7.21. The van der Waals surface area contributed by atoms with Gasteiger partial charge >= 0.3 is 5.97 Å². The summed E-state index contributed by atoms with van der Waals surface area (Å²) < 4.78 is 37.6. The third kappa shape index (κ3) is 3.11. The number of anilines is 1. The van der Waals surface area contributed by atoms with Gasteiger partial charge in [0.05, 0.1) is 22.3 Å². The van der Waals surface area contributed by atoms with E-state index in [1.54, 1.807) is 6.92 Å². The summed E-state index contributed by atoms with van der Waals surface area (Å²) in [5.41, 5.74) is 6.17. The first-order chi connectivity index (χ1) is 13.9. The molecule has 2 heterocycles. The maximum atomic E-state index is 13.7. The van der Waals surface area contributed by atoms with Gasteiger partial charge in [-0.25, -0.2) is 23.5 Å². The van der Waals surface area contributed by atoms with Crippen LogP contribution in [0.1, 0.15) is 17.3 Å². The van der Waals surface area contributed by atoms with Gasteiger partial charge in [0, 0.05) is 11.1 Å². The molecule has 7 nitrogen and oxygen atoms in total. The van der Waals surface area contributed by atoms with E-state index >= 15 is 0 Å². The number of fused-ring (bicyclic) bond motifs is 3. The molecule has 0 aliphatic rings. The molecule has 0 saturated heterocycles. The van der Waals surface area contributed by atoms with E-state index in [4.69, 9.17) is 14.9 Å². The van der Waals surface area contributed by atoms with Crippen LogP contribution < -0.4 is 5.73 Å². The van der Waals surface area contributed by atoms with Gasteiger partial charge in [-0.1, -0.05) is 11.8 Å². The first-order valence-electron chi connectivity index (χ1n) is 8.39. The minimum Gasteiger partial charge on any atom is -0.505 e. The predicted molar refractivity (Wildman–Crippen MR) is 102 cm³/mol. The Hall–Kier alpha value is -3.40. The van der Waals surface area contributed by atoms with E-state index in [1.807, 2.05) is 0 Å². The quantitative estimate of drug-likeness (QED) is 0.474. The van der Waals surface area contributed by atoms with E-state index in [0.717, 1.165) is 23.9 Å². The van der Waals surface area contributed by atoms with E-state index in [0.29, 0.717) is 5.39 Å². The molecule has 4 aromatic rings. The summed E-state index contributed by atoms with van der Waals surface area (Å²) >= 11 is 0.904.